The summed E-state index contributed by atoms with van der Waals surface area (Å²) in [6.07, 6.45) is 1.42. The molecule has 1 saturated heterocycles. The second-order valence-corrected chi connectivity index (χ2v) is 5.86. The monoisotopic (exact) mass is 467 g/mol. The summed E-state index contributed by atoms with van der Waals surface area (Å²) in [5, 5.41) is 10.5. The van der Waals surface area contributed by atoms with Crippen LogP contribution >= 0.6 is 0 Å². The van der Waals surface area contributed by atoms with Crippen molar-refractivity contribution in [3.8, 4) is 0 Å². The van der Waals surface area contributed by atoms with E-state index in [9.17, 15) is 14.6 Å². The molecule has 0 unspecified atom stereocenters. The van der Waals surface area contributed by atoms with Gasteiger partial charge in [-0.1, -0.05) is 6.07 Å². The second-order valence-electron chi connectivity index (χ2n) is 5.36. The summed E-state index contributed by atoms with van der Waals surface area (Å²) in [7, 11) is -0.539. The van der Waals surface area contributed by atoms with Gasteiger partial charge in [0, 0.05) is 11.5 Å². The number of aromatic nitrogens is 1. The zero-order valence-corrected chi connectivity index (χ0v) is 15.0. The van der Waals surface area contributed by atoms with E-state index in [0.29, 0.717) is 25.1 Å². The van der Waals surface area contributed by atoms with Crippen LogP contribution in [0.1, 0.15) is 27.7 Å². The Kier molecular flexibility index (Phi) is 5.84. The van der Waals surface area contributed by atoms with Gasteiger partial charge in [0.2, 0.25) is 0 Å². The number of nitro groups is 1. The van der Waals surface area contributed by atoms with Gasteiger partial charge in [0.05, 0.1) is 11.2 Å². The molecule has 2 heterocycles. The normalized spacial score (nSPS) is 18.6. The third-order valence-electron chi connectivity index (χ3n) is 3.48. The van der Waals surface area contributed by atoms with Crippen LogP contribution in [0.5, 0.6) is 0 Å². The molecule has 0 amide bonds. The first kappa shape index (κ1) is 18.0. The van der Waals surface area contributed by atoms with Crippen LogP contribution in [0.15, 0.2) is 22.0 Å². The summed E-state index contributed by atoms with van der Waals surface area (Å²) in [6, 6.07) is 2.95. The van der Waals surface area contributed by atoms with Gasteiger partial charge in [0.15, 0.2) is 0 Å². The molecule has 114 valence electrons. The fourth-order valence-corrected chi connectivity index (χ4v) is 1.62. The molecule has 0 spiro atoms. The van der Waals surface area contributed by atoms with Crippen LogP contribution in [0.25, 0.3) is 0 Å². The van der Waals surface area contributed by atoms with E-state index in [4.69, 9.17) is 9.31 Å². The Labute approximate surface area is 133 Å². The van der Waals surface area contributed by atoms with Crippen molar-refractivity contribution in [2.75, 3.05) is 0 Å². The molecule has 7 nitrogen and oxygen atoms in total. The van der Waals surface area contributed by atoms with Gasteiger partial charge in [-0.25, -0.2) is 0 Å². The molecule has 10 heteroatoms. The van der Waals surface area contributed by atoms with Crippen molar-refractivity contribution in [3.05, 3.63) is 28.4 Å². The molecule has 1 fully saturated rings. The van der Waals surface area contributed by atoms with Gasteiger partial charge in [-0.2, -0.15) is 0 Å². The average molecular weight is 467 g/mol. The Morgan fingerprint density at radius 1 is 1.33 bits per heavy atom. The molecule has 0 N–H and O–H groups in total. The molecule has 0 saturated carbocycles. The topological polar surface area (TPSA) is 86.9 Å². The maximum absolute atomic E-state index is 10.5. The summed E-state index contributed by atoms with van der Waals surface area (Å²) in [5.41, 5.74) is -0.182. The van der Waals surface area contributed by atoms with Crippen LogP contribution < -0.4 is 5.46 Å². The third-order valence-corrected chi connectivity index (χ3v) is 3.48. The Morgan fingerprint density at radius 3 is 2.14 bits per heavy atom. The van der Waals surface area contributed by atoms with Gasteiger partial charge in [-0.05, 0) is 37.6 Å². The molecule has 0 radical (unpaired) electrons. The molecule has 0 atom stereocenters. The van der Waals surface area contributed by atoms with Crippen LogP contribution in [0.4, 0.5) is 10.3 Å². The van der Waals surface area contributed by atoms with Crippen molar-refractivity contribution in [1.29, 1.82) is 0 Å². The predicted octanol–water partition coefficient (Wildman–Crippen LogP) is 1.89. The van der Waals surface area contributed by atoms with Crippen molar-refractivity contribution in [2.45, 2.75) is 38.9 Å². The molecule has 1 aliphatic heterocycles. The van der Waals surface area contributed by atoms with Crippen molar-refractivity contribution < 1.29 is 38.3 Å². The van der Waals surface area contributed by atoms with E-state index >= 15 is 0 Å². The minimum absolute atomic E-state index is 0.185. The number of hydrogen-bond donors (Lipinski definition) is 0. The first-order chi connectivity index (χ1) is 9.64. The quantitative estimate of drug-likeness (QED) is 0.377. The standard InChI is InChI=1S/C11H15BN2O4.FN.W/c1-10(2)11(3,4)18-12(17-10)8-5-6-9(13-7-8)14(15)16;1-2;/h5-7H,1-4H3;;. The van der Waals surface area contributed by atoms with Gasteiger partial charge in [-0.15, -0.1) is 0 Å². The van der Waals surface area contributed by atoms with Gasteiger partial charge >= 0.3 is 40.8 Å². The van der Waals surface area contributed by atoms with Crippen molar-refractivity contribution in [3.63, 3.8) is 0 Å². The van der Waals surface area contributed by atoms with E-state index < -0.39 is 23.2 Å². The van der Waals surface area contributed by atoms with Crippen molar-refractivity contribution >= 4 is 18.4 Å². The average Bonchev–Trinajstić information content (AvgIpc) is 2.59. The molecule has 0 bridgehead atoms. The maximum atomic E-state index is 10.5. The molecule has 0 aromatic carbocycles. The van der Waals surface area contributed by atoms with Gasteiger partial charge in [-0.3, -0.25) is 0 Å². The predicted molar refractivity (Wildman–Crippen MR) is 70.1 cm³/mol. The number of hydrogen-bond acceptors (Lipinski definition) is 6. The molecule has 1 aromatic rings. The number of halogens is 1. The molecular weight excluding hydrogens is 452 g/mol. The number of rotatable bonds is 2. The SMILES string of the molecule is CC1(C)OB(c2ccc([N+](=O)[O-])nc2)OC1(C)C.F[N]=[W]. The van der Waals surface area contributed by atoms with E-state index in [1.54, 1.807) is 6.07 Å². The van der Waals surface area contributed by atoms with Crippen LogP contribution in [0.2, 0.25) is 0 Å². The Bertz CT molecular complexity index is 511. The third kappa shape index (κ3) is 4.21. The zero-order valence-electron chi connectivity index (χ0n) is 12.1. The molecule has 2 rings (SSSR count). The summed E-state index contributed by atoms with van der Waals surface area (Å²) in [4.78, 5) is 13.7. The Hall–Kier alpha value is -1.05. The van der Waals surface area contributed by atoms with E-state index in [1.807, 2.05) is 27.7 Å². The molecular formula is C11H15BFN3O4W. The van der Waals surface area contributed by atoms with Gasteiger partial charge in [0.25, 0.3) is 0 Å². The zero-order chi connectivity index (χ0) is 16.3. The molecule has 1 aliphatic rings. The first-order valence-corrected chi connectivity index (χ1v) is 7.35. The van der Waals surface area contributed by atoms with Gasteiger partial charge in [0.1, 0.15) is 6.20 Å². The second kappa shape index (κ2) is 6.81. The fourth-order valence-electron chi connectivity index (χ4n) is 1.62. The van der Waals surface area contributed by atoms with Crippen LogP contribution in [0, 0.1) is 10.1 Å². The molecule has 1 aromatic heterocycles. The first-order valence-electron chi connectivity index (χ1n) is 6.04. The van der Waals surface area contributed by atoms with Crippen LogP contribution in [-0.4, -0.2) is 28.2 Å². The molecule has 21 heavy (non-hydrogen) atoms. The van der Waals surface area contributed by atoms with E-state index in [2.05, 4.69) is 8.70 Å². The van der Waals surface area contributed by atoms with E-state index in [-0.39, 0.29) is 5.82 Å². The fraction of sp³-hybridized carbons (Fsp3) is 0.545. The Balaban J connectivity index is 0.000000677. The minimum atomic E-state index is -0.539. The summed E-state index contributed by atoms with van der Waals surface area (Å²) in [5.74, 6) is -0.185. The molecule has 0 aliphatic carbocycles. The van der Waals surface area contributed by atoms with Gasteiger partial charge < -0.3 is 19.4 Å². The van der Waals surface area contributed by atoms with E-state index in [0.717, 1.165) is 0 Å². The van der Waals surface area contributed by atoms with Crippen LogP contribution in [0.3, 0.4) is 0 Å². The summed E-state index contributed by atoms with van der Waals surface area (Å²) >= 11 is 0.630. The Morgan fingerprint density at radius 2 is 1.81 bits per heavy atom. The number of nitrogens with zero attached hydrogens (tertiary/aromatic N) is 3. The van der Waals surface area contributed by atoms with Crippen molar-refractivity contribution in [2.24, 2.45) is 3.72 Å². The van der Waals surface area contributed by atoms with Crippen molar-refractivity contribution in [1.82, 2.24) is 4.98 Å². The van der Waals surface area contributed by atoms with E-state index in [1.165, 1.54) is 12.3 Å². The number of pyridine rings is 1. The van der Waals surface area contributed by atoms with Crippen LogP contribution in [-0.2, 0) is 28.9 Å². The summed E-state index contributed by atoms with van der Waals surface area (Å²) in [6.45, 7) is 7.80. The summed E-state index contributed by atoms with van der Waals surface area (Å²) < 4.78 is 23.7.